The number of likely N-dealkylation sites (tertiary alicyclic amines) is 1. The molecule has 1 aliphatic heterocycles. The molecule has 1 heterocycles. The third-order valence-electron chi connectivity index (χ3n) is 6.28. The third kappa shape index (κ3) is 4.57. The van der Waals surface area contributed by atoms with Crippen LogP contribution in [-0.4, -0.2) is 43.8 Å². The molecule has 1 saturated carbocycles. The molecule has 1 saturated heterocycles. The minimum atomic E-state index is -0.788. The van der Waals surface area contributed by atoms with Crippen LogP contribution in [0.3, 0.4) is 0 Å². The summed E-state index contributed by atoms with van der Waals surface area (Å²) in [6.45, 7) is 4.39. The first-order valence-electron chi connectivity index (χ1n) is 10.00. The van der Waals surface area contributed by atoms with Gasteiger partial charge in [0.2, 0.25) is 0 Å². The molecule has 1 aromatic rings. The van der Waals surface area contributed by atoms with Crippen LogP contribution in [0.2, 0.25) is 0 Å². The van der Waals surface area contributed by atoms with E-state index in [-0.39, 0.29) is 5.91 Å². The van der Waals surface area contributed by atoms with Crippen LogP contribution in [0.1, 0.15) is 51.0 Å². The molecular formula is C21H33N2O3+. The number of nitrogens with one attached hydrogen (secondary N) is 2. The van der Waals surface area contributed by atoms with Crippen LogP contribution in [0, 0.1) is 5.92 Å². The number of rotatable bonds is 5. The lowest BCUT2D eigenvalue weighted by Gasteiger charge is -2.36. The van der Waals surface area contributed by atoms with Gasteiger partial charge in [0.05, 0.1) is 20.2 Å². The summed E-state index contributed by atoms with van der Waals surface area (Å²) in [6, 6.07) is 8.02. The minimum absolute atomic E-state index is 0.161. The zero-order valence-electron chi connectivity index (χ0n) is 16.1. The average molecular weight is 362 g/mol. The fraction of sp³-hybridized carbons (Fsp3) is 0.667. The molecule has 3 N–H and O–H groups in total. The molecule has 1 aromatic carbocycles. The summed E-state index contributed by atoms with van der Waals surface area (Å²) in [5.41, 5.74) is 0.155. The largest absolute Gasteiger partial charge is 0.497 e. The van der Waals surface area contributed by atoms with Crippen LogP contribution in [-0.2, 0) is 10.4 Å². The van der Waals surface area contributed by atoms with Crippen molar-refractivity contribution in [3.63, 3.8) is 0 Å². The van der Waals surface area contributed by atoms with Crippen molar-refractivity contribution in [1.82, 2.24) is 5.32 Å². The molecule has 2 fully saturated rings. The van der Waals surface area contributed by atoms with Gasteiger partial charge < -0.3 is 20.1 Å². The summed E-state index contributed by atoms with van der Waals surface area (Å²) in [6.07, 6.45) is 6.20. The molecule has 0 aromatic heterocycles. The lowest BCUT2D eigenvalue weighted by molar-refractivity contribution is -0.900. The molecule has 0 unspecified atom stereocenters. The average Bonchev–Trinajstić information content (AvgIpc) is 2.66. The Kier molecular flexibility index (Phi) is 6.20. The van der Waals surface area contributed by atoms with Crippen LogP contribution in [0.5, 0.6) is 5.75 Å². The van der Waals surface area contributed by atoms with E-state index >= 15 is 0 Å². The normalized spacial score (nSPS) is 32.0. The number of quaternary nitrogens is 1. The van der Waals surface area contributed by atoms with Gasteiger partial charge in [-0.15, -0.1) is 0 Å². The maximum Gasteiger partial charge on any atom is 0.275 e. The number of carbonyl (C=O) groups is 1. The van der Waals surface area contributed by atoms with Gasteiger partial charge in [-0.25, -0.2) is 0 Å². The summed E-state index contributed by atoms with van der Waals surface area (Å²) in [5.74, 6) is 1.55. The van der Waals surface area contributed by atoms with Gasteiger partial charge in [-0.2, -0.15) is 0 Å². The number of carbonyl (C=O) groups excluding carboxylic acids is 1. The Morgan fingerprint density at radius 3 is 2.50 bits per heavy atom. The number of hydrogen-bond donors (Lipinski definition) is 3. The maximum atomic E-state index is 12.4. The number of amides is 1. The second-order valence-corrected chi connectivity index (χ2v) is 8.12. The number of hydrogen-bond acceptors (Lipinski definition) is 3. The molecule has 0 radical (unpaired) electrons. The Bertz CT molecular complexity index is 594. The van der Waals surface area contributed by atoms with E-state index in [1.54, 1.807) is 7.11 Å². The van der Waals surface area contributed by atoms with E-state index in [0.717, 1.165) is 30.8 Å². The molecule has 144 valence electrons. The van der Waals surface area contributed by atoms with Gasteiger partial charge in [0.15, 0.2) is 6.54 Å². The van der Waals surface area contributed by atoms with Crippen LogP contribution >= 0.6 is 0 Å². The Balaban J connectivity index is 1.48. The smallest absolute Gasteiger partial charge is 0.275 e. The Morgan fingerprint density at radius 2 is 1.88 bits per heavy atom. The molecule has 1 aliphatic carbocycles. The van der Waals surface area contributed by atoms with Crippen molar-refractivity contribution < 1.29 is 19.5 Å². The quantitative estimate of drug-likeness (QED) is 0.740. The fourth-order valence-corrected chi connectivity index (χ4v) is 4.40. The summed E-state index contributed by atoms with van der Waals surface area (Å²) in [4.78, 5) is 13.7. The van der Waals surface area contributed by atoms with Gasteiger partial charge in [-0.3, -0.25) is 4.79 Å². The van der Waals surface area contributed by atoms with E-state index in [4.69, 9.17) is 4.74 Å². The Labute approximate surface area is 156 Å². The molecule has 3 rings (SSSR count). The maximum absolute atomic E-state index is 12.4. The van der Waals surface area contributed by atoms with E-state index < -0.39 is 5.60 Å². The van der Waals surface area contributed by atoms with Crippen molar-refractivity contribution in [2.75, 3.05) is 26.7 Å². The van der Waals surface area contributed by atoms with Crippen molar-refractivity contribution in [2.24, 2.45) is 5.92 Å². The predicted octanol–water partition coefficient (Wildman–Crippen LogP) is 1.26. The van der Waals surface area contributed by atoms with Crippen molar-refractivity contribution in [3.8, 4) is 5.75 Å². The summed E-state index contributed by atoms with van der Waals surface area (Å²) in [7, 11) is 1.64. The van der Waals surface area contributed by atoms with E-state index in [0.29, 0.717) is 31.3 Å². The van der Waals surface area contributed by atoms with Crippen molar-refractivity contribution in [1.29, 1.82) is 0 Å². The van der Waals surface area contributed by atoms with Gasteiger partial charge in [0.25, 0.3) is 5.91 Å². The molecular weight excluding hydrogens is 328 g/mol. The topological polar surface area (TPSA) is 63.0 Å². The minimum Gasteiger partial charge on any atom is -0.497 e. The monoisotopic (exact) mass is 361 g/mol. The van der Waals surface area contributed by atoms with Gasteiger partial charge in [-0.05, 0) is 36.5 Å². The SMILES string of the molecule is COc1ccc(C2(O)CC[NH+](CC(=O)N[C@H]3CCCC[C@@H]3C)CC2)cc1. The summed E-state index contributed by atoms with van der Waals surface area (Å²) in [5, 5.41) is 14.2. The number of aliphatic hydroxyl groups is 1. The molecule has 26 heavy (non-hydrogen) atoms. The highest BCUT2D eigenvalue weighted by Gasteiger charge is 2.37. The molecule has 2 aliphatic rings. The van der Waals surface area contributed by atoms with Crippen LogP contribution in [0.4, 0.5) is 0 Å². The third-order valence-corrected chi connectivity index (χ3v) is 6.28. The predicted molar refractivity (Wildman–Crippen MR) is 101 cm³/mol. The van der Waals surface area contributed by atoms with E-state index in [2.05, 4.69) is 12.2 Å². The zero-order chi connectivity index (χ0) is 18.6. The Morgan fingerprint density at radius 1 is 1.23 bits per heavy atom. The van der Waals surface area contributed by atoms with E-state index in [9.17, 15) is 9.90 Å². The summed E-state index contributed by atoms with van der Waals surface area (Å²) < 4.78 is 5.19. The number of ether oxygens (including phenoxy) is 1. The van der Waals surface area contributed by atoms with Gasteiger partial charge in [0.1, 0.15) is 11.4 Å². The number of piperidine rings is 1. The Hall–Kier alpha value is -1.59. The van der Waals surface area contributed by atoms with Crippen molar-refractivity contribution >= 4 is 5.91 Å². The molecule has 2 atom stereocenters. The highest BCUT2D eigenvalue weighted by atomic mass is 16.5. The van der Waals surface area contributed by atoms with Gasteiger partial charge in [-0.1, -0.05) is 31.9 Å². The molecule has 1 amide bonds. The molecule has 5 heteroatoms. The lowest BCUT2D eigenvalue weighted by Crippen LogP contribution is -3.14. The fourth-order valence-electron chi connectivity index (χ4n) is 4.40. The standard InChI is InChI=1S/C21H32N2O3/c1-16-5-3-4-6-19(16)22-20(24)15-23-13-11-21(25,12-14-23)17-7-9-18(26-2)10-8-17/h7-10,16,19,25H,3-6,11-15H2,1-2H3,(H,22,24)/p+1/t16-,19-/m0/s1. The van der Waals surface area contributed by atoms with E-state index in [1.807, 2.05) is 24.3 Å². The second-order valence-electron chi connectivity index (χ2n) is 8.12. The molecule has 0 spiro atoms. The number of methoxy groups -OCH3 is 1. The summed E-state index contributed by atoms with van der Waals surface area (Å²) >= 11 is 0. The van der Waals surface area contributed by atoms with Crippen molar-refractivity contribution in [3.05, 3.63) is 29.8 Å². The molecule has 5 nitrogen and oxygen atoms in total. The highest BCUT2D eigenvalue weighted by molar-refractivity contribution is 5.77. The number of benzene rings is 1. The second kappa shape index (κ2) is 8.40. The van der Waals surface area contributed by atoms with Crippen LogP contribution in [0.25, 0.3) is 0 Å². The van der Waals surface area contributed by atoms with Gasteiger partial charge >= 0.3 is 0 Å². The highest BCUT2D eigenvalue weighted by Crippen LogP contribution is 2.30. The van der Waals surface area contributed by atoms with Gasteiger partial charge in [0, 0.05) is 18.9 Å². The first kappa shape index (κ1) is 19.2. The zero-order valence-corrected chi connectivity index (χ0v) is 16.1. The van der Waals surface area contributed by atoms with Crippen LogP contribution < -0.4 is 15.0 Å². The first-order valence-corrected chi connectivity index (χ1v) is 10.00. The lowest BCUT2D eigenvalue weighted by atomic mass is 9.84. The molecule has 0 bridgehead atoms. The van der Waals surface area contributed by atoms with Crippen LogP contribution in [0.15, 0.2) is 24.3 Å². The first-order chi connectivity index (χ1) is 12.5. The van der Waals surface area contributed by atoms with E-state index in [1.165, 1.54) is 24.2 Å². The van der Waals surface area contributed by atoms with Crippen molar-refractivity contribution in [2.45, 2.75) is 57.1 Å².